The molecule has 12 nitrogen and oxygen atoms in total. The molecule has 0 bridgehead atoms. The molecule has 0 radical (unpaired) electrons. The van der Waals surface area contributed by atoms with Crippen molar-refractivity contribution in [3.8, 4) is 39.5 Å². The predicted molar refractivity (Wildman–Crippen MR) is 214 cm³/mol. The van der Waals surface area contributed by atoms with Crippen molar-refractivity contribution < 1.29 is 41.2 Å². The quantitative estimate of drug-likeness (QED) is 0.0977. The van der Waals surface area contributed by atoms with Gasteiger partial charge in [0.1, 0.15) is 36.8 Å². The Morgan fingerprint density at radius 1 is 0.567 bits per heavy atom. The van der Waals surface area contributed by atoms with Crippen LogP contribution in [0, 0.1) is 13.8 Å². The molecule has 2 aromatic heterocycles. The van der Waals surface area contributed by atoms with Crippen molar-refractivity contribution in [1.82, 2.24) is 25.8 Å². The molecule has 16 heteroatoms. The van der Waals surface area contributed by atoms with E-state index >= 15 is 0 Å². The molecule has 2 atom stereocenters. The highest BCUT2D eigenvalue weighted by atomic mass is 19.3. The largest absolute Gasteiger partial charge is 0.495 e. The van der Waals surface area contributed by atoms with Gasteiger partial charge in [-0.1, -0.05) is 48.5 Å². The monoisotopic (exact) mass is 819 g/mol. The molecule has 4 heterocycles. The van der Waals surface area contributed by atoms with Gasteiger partial charge >= 0.3 is 25.3 Å². The van der Waals surface area contributed by atoms with E-state index in [0.717, 1.165) is 33.4 Å². The van der Waals surface area contributed by atoms with E-state index in [1.165, 1.54) is 18.5 Å². The molecule has 0 saturated carbocycles. The number of alkyl halides is 4. The summed E-state index contributed by atoms with van der Waals surface area (Å²) < 4.78 is 80.1. The molecule has 4 aromatic carbocycles. The third-order valence-electron chi connectivity index (χ3n) is 10.3. The first-order valence-corrected chi connectivity index (χ1v) is 18.6. The minimum Gasteiger partial charge on any atom is -0.495 e. The average molecular weight is 820 g/mol. The molecule has 0 aliphatic carbocycles. The van der Waals surface area contributed by atoms with E-state index in [9.17, 15) is 17.6 Å². The number of hydrogen-bond acceptors (Lipinski definition) is 12. The Balaban J connectivity index is 1.15. The zero-order valence-electron chi connectivity index (χ0n) is 32.4. The van der Waals surface area contributed by atoms with Crippen LogP contribution in [0.1, 0.15) is 33.4 Å². The SMILES string of the molecule is COc1cncc(-c2cccc([C@]3(c4ccc(OC(F)F)c(C)c4)COC(NNC4=NC(c5cccc(-c6cncnc6)c5)(c5ccc(OC(F)F)c(C)c5)CO4)=N3)c2)c1. The summed E-state index contributed by atoms with van der Waals surface area (Å²) in [6, 6.07) is 27.2. The van der Waals surface area contributed by atoms with Crippen molar-refractivity contribution >= 4 is 12.0 Å². The number of nitrogens with one attached hydrogen (secondary N) is 2. The standard InChI is InChI=1S/C44H37F4N7O5/c1-26-14-34(10-12-37(26)59-39(45)46)43(32-8-4-6-28(16-32)30-18-36(56-3)22-49-19-30)23-57-41(52-43)54-55-42-53-44(24-58-42,35-11-13-38(27(2)15-35)60-40(47)48)33-9-5-7-29(17-33)31-20-50-25-51-21-31/h4-22,25,39-40H,23-24H2,1-3H3,(H,52,54)(H,53,55)/t43-,44?/m0/s1. The van der Waals surface area contributed by atoms with Crippen LogP contribution >= 0.6 is 0 Å². The minimum absolute atomic E-state index is 0.0326. The Bertz CT molecular complexity index is 2580. The number of aryl methyl sites for hydroxylation is 2. The van der Waals surface area contributed by atoms with E-state index in [0.29, 0.717) is 28.0 Å². The number of pyridine rings is 1. The molecular formula is C44H37F4N7O5. The van der Waals surface area contributed by atoms with Gasteiger partial charge < -0.3 is 23.7 Å². The third kappa shape index (κ3) is 7.95. The molecule has 2 N–H and O–H groups in total. The third-order valence-corrected chi connectivity index (χ3v) is 10.3. The van der Waals surface area contributed by atoms with Crippen LogP contribution < -0.4 is 25.1 Å². The zero-order valence-corrected chi connectivity index (χ0v) is 32.4. The van der Waals surface area contributed by atoms with E-state index in [1.54, 1.807) is 70.0 Å². The molecule has 0 spiro atoms. The van der Waals surface area contributed by atoms with Crippen LogP contribution in [0.3, 0.4) is 0 Å². The van der Waals surface area contributed by atoms with Gasteiger partial charge in [-0.05, 0) is 101 Å². The Labute approximate surface area is 341 Å². The normalized spacial score (nSPS) is 18.4. The fourth-order valence-corrected chi connectivity index (χ4v) is 7.30. The lowest BCUT2D eigenvalue weighted by atomic mass is 9.82. The molecule has 2 aliphatic rings. The number of rotatable bonds is 11. The summed E-state index contributed by atoms with van der Waals surface area (Å²) in [5.74, 6) is 0.668. The highest BCUT2D eigenvalue weighted by Gasteiger charge is 2.43. The molecule has 1 unspecified atom stereocenters. The molecule has 6 aromatic rings. The van der Waals surface area contributed by atoms with Gasteiger partial charge in [0.15, 0.2) is 11.1 Å². The zero-order chi connectivity index (χ0) is 41.9. The summed E-state index contributed by atoms with van der Waals surface area (Å²) in [6.45, 7) is -2.55. The number of hydrogen-bond donors (Lipinski definition) is 2. The van der Waals surface area contributed by atoms with Gasteiger partial charge in [0.05, 0.1) is 13.3 Å². The number of methoxy groups -OCH3 is 1. The van der Waals surface area contributed by atoms with Crippen molar-refractivity contribution in [1.29, 1.82) is 0 Å². The van der Waals surface area contributed by atoms with Gasteiger partial charge in [-0.25, -0.2) is 30.8 Å². The van der Waals surface area contributed by atoms with Crippen LogP contribution in [-0.4, -0.2) is 60.5 Å². The Kier molecular flexibility index (Phi) is 10.9. The molecule has 306 valence electrons. The van der Waals surface area contributed by atoms with Crippen LogP contribution in [0.5, 0.6) is 17.2 Å². The van der Waals surface area contributed by atoms with Crippen LogP contribution in [0.4, 0.5) is 17.6 Å². The lowest BCUT2D eigenvalue weighted by Crippen LogP contribution is -2.42. The Morgan fingerprint density at radius 2 is 1.05 bits per heavy atom. The van der Waals surface area contributed by atoms with Gasteiger partial charge in [0.25, 0.3) is 0 Å². The summed E-state index contributed by atoms with van der Waals surface area (Å²) in [7, 11) is 1.57. The highest BCUT2D eigenvalue weighted by Crippen LogP contribution is 2.43. The number of ether oxygens (including phenoxy) is 5. The van der Waals surface area contributed by atoms with Crippen LogP contribution in [0.2, 0.25) is 0 Å². The minimum atomic E-state index is -2.99. The van der Waals surface area contributed by atoms with Gasteiger partial charge in [0, 0.05) is 29.7 Å². The molecule has 8 rings (SSSR count). The fraction of sp³-hybridized carbons (Fsp3) is 0.205. The predicted octanol–water partition coefficient (Wildman–Crippen LogP) is 8.09. The van der Waals surface area contributed by atoms with Crippen LogP contribution in [-0.2, 0) is 20.6 Å². The number of nitrogens with zero attached hydrogens (tertiary/aromatic N) is 5. The summed E-state index contributed by atoms with van der Waals surface area (Å²) in [5, 5.41) is 0. The smallest absolute Gasteiger partial charge is 0.387 e. The van der Waals surface area contributed by atoms with E-state index in [2.05, 4.69) is 25.8 Å². The Morgan fingerprint density at radius 3 is 1.53 bits per heavy atom. The van der Waals surface area contributed by atoms with E-state index in [1.807, 2.05) is 54.6 Å². The topological polar surface area (TPSA) is 134 Å². The van der Waals surface area contributed by atoms with Gasteiger partial charge in [-0.3, -0.25) is 4.98 Å². The molecular weight excluding hydrogens is 783 g/mol. The van der Waals surface area contributed by atoms with Crippen LogP contribution in [0.15, 0.2) is 132 Å². The lowest BCUT2D eigenvalue weighted by Gasteiger charge is -2.26. The number of halogens is 4. The van der Waals surface area contributed by atoms with Crippen molar-refractivity contribution in [3.05, 3.63) is 155 Å². The van der Waals surface area contributed by atoms with Crippen molar-refractivity contribution in [2.75, 3.05) is 20.3 Å². The van der Waals surface area contributed by atoms with E-state index < -0.39 is 24.3 Å². The number of amidine groups is 2. The maximum Gasteiger partial charge on any atom is 0.387 e. The highest BCUT2D eigenvalue weighted by molar-refractivity contribution is 5.83. The molecule has 2 aliphatic heterocycles. The lowest BCUT2D eigenvalue weighted by molar-refractivity contribution is -0.0509. The second kappa shape index (κ2) is 16.6. The van der Waals surface area contributed by atoms with Gasteiger partial charge in [-0.15, -0.1) is 0 Å². The van der Waals surface area contributed by atoms with Gasteiger partial charge in [0.2, 0.25) is 0 Å². The number of hydrazine groups is 1. The Hall–Kier alpha value is -7.23. The van der Waals surface area contributed by atoms with Gasteiger partial charge in [-0.2, -0.15) is 17.6 Å². The first kappa shape index (κ1) is 39.6. The molecule has 0 amide bonds. The number of aromatic nitrogens is 3. The second-order valence-corrected chi connectivity index (χ2v) is 14.0. The molecule has 60 heavy (non-hydrogen) atoms. The second-order valence-electron chi connectivity index (χ2n) is 14.0. The summed E-state index contributed by atoms with van der Waals surface area (Å²) >= 11 is 0. The maximum atomic E-state index is 13.2. The molecule has 0 saturated heterocycles. The van der Waals surface area contributed by atoms with E-state index in [4.69, 9.17) is 33.7 Å². The number of benzene rings is 4. The summed E-state index contributed by atoms with van der Waals surface area (Å²) in [4.78, 5) is 22.7. The van der Waals surface area contributed by atoms with E-state index in [-0.39, 0.29) is 36.8 Å². The van der Waals surface area contributed by atoms with Crippen molar-refractivity contribution in [2.24, 2.45) is 9.98 Å². The average Bonchev–Trinajstić information content (AvgIpc) is 3.91. The van der Waals surface area contributed by atoms with Crippen molar-refractivity contribution in [3.63, 3.8) is 0 Å². The molecule has 0 fully saturated rings. The van der Waals surface area contributed by atoms with Crippen molar-refractivity contribution in [2.45, 2.75) is 38.1 Å². The first-order chi connectivity index (χ1) is 29.0. The van der Waals surface area contributed by atoms with Crippen LogP contribution in [0.25, 0.3) is 22.3 Å². The fourth-order valence-electron chi connectivity index (χ4n) is 7.30. The maximum absolute atomic E-state index is 13.2. The summed E-state index contributed by atoms with van der Waals surface area (Å²) in [6.07, 6.45) is 8.19. The first-order valence-electron chi connectivity index (χ1n) is 18.6. The number of aliphatic imine (C=N–C) groups is 2. The summed E-state index contributed by atoms with van der Waals surface area (Å²) in [5.41, 5.74) is 10.7.